The summed E-state index contributed by atoms with van der Waals surface area (Å²) in [7, 11) is 0. The molecule has 0 aliphatic rings. The molecule has 6 heteroatoms. The van der Waals surface area contributed by atoms with Crippen molar-refractivity contribution in [1.82, 2.24) is 0 Å². The van der Waals surface area contributed by atoms with Gasteiger partial charge in [-0.15, -0.1) is 0 Å². The summed E-state index contributed by atoms with van der Waals surface area (Å²) in [5, 5.41) is 20.7. The molecule has 2 aromatic rings. The molecule has 114 valence electrons. The quantitative estimate of drug-likeness (QED) is 0.738. The molecule has 2 rings (SSSR count). The summed E-state index contributed by atoms with van der Waals surface area (Å²) in [5.74, 6) is -1.64. The maximum atomic E-state index is 11.6. The van der Waals surface area contributed by atoms with Crippen LogP contribution in [0.15, 0.2) is 48.5 Å². The standard InChI is InChI=1S/C16H15NO5/c18-14-7-6-12(10-13(14)15(19)20)17-16(21)22-9-8-11-4-2-1-3-5-11/h1-7,10,18H,8-9H2,(H,17,21)(H,19,20). The highest BCUT2D eigenvalue weighted by atomic mass is 16.5. The molecule has 0 atom stereocenters. The van der Waals surface area contributed by atoms with E-state index in [2.05, 4.69) is 5.32 Å². The Morgan fingerprint density at radius 1 is 1.09 bits per heavy atom. The van der Waals surface area contributed by atoms with Crippen molar-refractivity contribution in [3.63, 3.8) is 0 Å². The molecule has 0 aliphatic carbocycles. The number of carboxylic acids is 1. The number of carbonyl (C=O) groups is 2. The number of rotatable bonds is 5. The normalized spacial score (nSPS) is 10.0. The van der Waals surface area contributed by atoms with Crippen LogP contribution in [0.3, 0.4) is 0 Å². The molecule has 0 heterocycles. The molecule has 0 radical (unpaired) electrons. The van der Waals surface area contributed by atoms with E-state index in [1.165, 1.54) is 12.1 Å². The number of aromatic hydroxyl groups is 1. The van der Waals surface area contributed by atoms with Crippen molar-refractivity contribution in [2.24, 2.45) is 0 Å². The summed E-state index contributed by atoms with van der Waals surface area (Å²) in [6, 6.07) is 13.3. The minimum absolute atomic E-state index is 0.208. The van der Waals surface area contributed by atoms with Gasteiger partial charge in [0, 0.05) is 12.1 Å². The summed E-state index contributed by atoms with van der Waals surface area (Å²) in [4.78, 5) is 22.5. The van der Waals surface area contributed by atoms with Crippen LogP contribution in [0.5, 0.6) is 5.75 Å². The average molecular weight is 301 g/mol. The lowest BCUT2D eigenvalue weighted by Crippen LogP contribution is -2.15. The van der Waals surface area contributed by atoms with Gasteiger partial charge in [0.15, 0.2) is 0 Å². The molecule has 3 N–H and O–H groups in total. The van der Waals surface area contributed by atoms with Crippen molar-refractivity contribution in [2.75, 3.05) is 11.9 Å². The lowest BCUT2D eigenvalue weighted by atomic mass is 10.2. The smallest absolute Gasteiger partial charge is 0.411 e. The summed E-state index contributed by atoms with van der Waals surface area (Å²) in [5.41, 5.74) is 0.995. The van der Waals surface area contributed by atoms with Crippen LogP contribution in [-0.4, -0.2) is 28.9 Å². The van der Waals surface area contributed by atoms with Crippen molar-refractivity contribution in [3.05, 3.63) is 59.7 Å². The zero-order chi connectivity index (χ0) is 15.9. The van der Waals surface area contributed by atoms with Crippen LogP contribution in [0.2, 0.25) is 0 Å². The largest absolute Gasteiger partial charge is 0.507 e. The fourth-order valence-corrected chi connectivity index (χ4v) is 1.85. The molecule has 0 aromatic heterocycles. The lowest BCUT2D eigenvalue weighted by Gasteiger charge is -2.08. The summed E-state index contributed by atoms with van der Waals surface area (Å²) in [6.45, 7) is 0.208. The van der Waals surface area contributed by atoms with Crippen molar-refractivity contribution >= 4 is 17.7 Å². The van der Waals surface area contributed by atoms with Gasteiger partial charge in [0.25, 0.3) is 0 Å². The minimum Gasteiger partial charge on any atom is -0.507 e. The Kier molecular flexibility index (Phi) is 4.98. The van der Waals surface area contributed by atoms with E-state index >= 15 is 0 Å². The fourth-order valence-electron chi connectivity index (χ4n) is 1.85. The molecule has 0 saturated heterocycles. The number of amides is 1. The predicted molar refractivity (Wildman–Crippen MR) is 80.2 cm³/mol. The van der Waals surface area contributed by atoms with Crippen LogP contribution in [0.1, 0.15) is 15.9 Å². The molecule has 0 aliphatic heterocycles. The van der Waals surface area contributed by atoms with E-state index in [4.69, 9.17) is 9.84 Å². The van der Waals surface area contributed by atoms with Crippen molar-refractivity contribution in [1.29, 1.82) is 0 Å². The summed E-state index contributed by atoms with van der Waals surface area (Å²) < 4.78 is 5.02. The van der Waals surface area contributed by atoms with Gasteiger partial charge in [-0.05, 0) is 23.8 Å². The first-order valence-corrected chi connectivity index (χ1v) is 6.60. The third kappa shape index (κ3) is 4.24. The van der Waals surface area contributed by atoms with Gasteiger partial charge in [-0.2, -0.15) is 0 Å². The van der Waals surface area contributed by atoms with Gasteiger partial charge in [0.2, 0.25) is 0 Å². The molecule has 0 bridgehead atoms. The Morgan fingerprint density at radius 2 is 1.82 bits per heavy atom. The molecule has 1 amide bonds. The van der Waals surface area contributed by atoms with Crippen LogP contribution in [0.4, 0.5) is 10.5 Å². The Bertz CT molecular complexity index is 669. The number of hydrogen-bond acceptors (Lipinski definition) is 4. The number of anilines is 1. The van der Waals surface area contributed by atoms with Gasteiger partial charge in [-0.3, -0.25) is 5.32 Å². The Hall–Kier alpha value is -3.02. The fraction of sp³-hybridized carbons (Fsp3) is 0.125. The zero-order valence-corrected chi connectivity index (χ0v) is 11.7. The molecule has 0 fully saturated rings. The summed E-state index contributed by atoms with van der Waals surface area (Å²) >= 11 is 0. The van der Waals surface area contributed by atoms with Crippen molar-refractivity contribution < 1.29 is 24.5 Å². The van der Waals surface area contributed by atoms with Gasteiger partial charge < -0.3 is 14.9 Å². The number of ether oxygens (including phenoxy) is 1. The Labute approximate surface area is 127 Å². The van der Waals surface area contributed by atoms with Gasteiger partial charge in [-0.1, -0.05) is 30.3 Å². The number of aromatic carboxylic acids is 1. The third-order valence-corrected chi connectivity index (χ3v) is 2.94. The van der Waals surface area contributed by atoms with Gasteiger partial charge in [0.05, 0.1) is 6.61 Å². The number of nitrogens with one attached hydrogen (secondary N) is 1. The van der Waals surface area contributed by atoms with E-state index < -0.39 is 12.1 Å². The Morgan fingerprint density at radius 3 is 2.50 bits per heavy atom. The molecular formula is C16H15NO5. The van der Waals surface area contributed by atoms with Gasteiger partial charge in [0.1, 0.15) is 11.3 Å². The second-order valence-corrected chi connectivity index (χ2v) is 4.53. The average Bonchev–Trinajstić information content (AvgIpc) is 2.50. The van der Waals surface area contributed by atoms with Crippen molar-refractivity contribution in [3.8, 4) is 5.75 Å². The predicted octanol–water partition coefficient (Wildman–Crippen LogP) is 2.88. The number of carboxylic acid groups (broad SMARTS) is 1. The zero-order valence-electron chi connectivity index (χ0n) is 11.7. The molecule has 6 nitrogen and oxygen atoms in total. The van der Waals surface area contributed by atoms with Crippen LogP contribution in [0.25, 0.3) is 0 Å². The number of carbonyl (C=O) groups excluding carboxylic acids is 1. The maximum absolute atomic E-state index is 11.6. The minimum atomic E-state index is -1.28. The highest BCUT2D eigenvalue weighted by molar-refractivity contribution is 5.93. The molecule has 22 heavy (non-hydrogen) atoms. The van der Waals surface area contributed by atoms with E-state index in [1.54, 1.807) is 0 Å². The maximum Gasteiger partial charge on any atom is 0.411 e. The van der Waals surface area contributed by atoms with Crippen LogP contribution in [0, 0.1) is 0 Å². The molecule has 2 aromatic carbocycles. The molecule has 0 saturated carbocycles. The number of hydrogen-bond donors (Lipinski definition) is 3. The van der Waals surface area contributed by atoms with Gasteiger partial charge >= 0.3 is 12.1 Å². The summed E-state index contributed by atoms with van der Waals surface area (Å²) in [6.07, 6.45) is -0.0949. The van der Waals surface area contributed by atoms with E-state index in [0.29, 0.717) is 6.42 Å². The molecule has 0 spiro atoms. The third-order valence-electron chi connectivity index (χ3n) is 2.94. The highest BCUT2D eigenvalue weighted by Gasteiger charge is 2.11. The highest BCUT2D eigenvalue weighted by Crippen LogP contribution is 2.21. The molecular weight excluding hydrogens is 286 g/mol. The monoisotopic (exact) mass is 301 g/mol. The van der Waals surface area contributed by atoms with E-state index in [1.807, 2.05) is 30.3 Å². The first kappa shape index (κ1) is 15.4. The van der Waals surface area contributed by atoms with Crippen LogP contribution >= 0.6 is 0 Å². The first-order valence-electron chi connectivity index (χ1n) is 6.60. The topological polar surface area (TPSA) is 95.9 Å². The number of phenols is 1. The van der Waals surface area contributed by atoms with Crippen molar-refractivity contribution in [2.45, 2.75) is 6.42 Å². The van der Waals surface area contributed by atoms with Crippen LogP contribution in [-0.2, 0) is 11.2 Å². The SMILES string of the molecule is O=C(Nc1ccc(O)c(C(=O)O)c1)OCCc1ccccc1. The second-order valence-electron chi connectivity index (χ2n) is 4.53. The van der Waals surface area contributed by atoms with Crippen LogP contribution < -0.4 is 5.32 Å². The van der Waals surface area contributed by atoms with Gasteiger partial charge in [-0.25, -0.2) is 9.59 Å². The molecule has 0 unspecified atom stereocenters. The lowest BCUT2D eigenvalue weighted by molar-refractivity contribution is 0.0693. The number of benzene rings is 2. The van der Waals surface area contributed by atoms with E-state index in [-0.39, 0.29) is 23.6 Å². The first-order chi connectivity index (χ1) is 10.6. The van der Waals surface area contributed by atoms with E-state index in [9.17, 15) is 14.7 Å². The Balaban J connectivity index is 1.87. The van der Waals surface area contributed by atoms with E-state index in [0.717, 1.165) is 11.6 Å². The second kappa shape index (κ2) is 7.12.